The summed E-state index contributed by atoms with van der Waals surface area (Å²) in [7, 11) is 1.68. The molecule has 0 aliphatic carbocycles. The fraction of sp³-hybridized carbons (Fsp3) is 0.682. The van der Waals surface area contributed by atoms with E-state index in [1.165, 1.54) is 6.92 Å². The molecule has 1 unspecified atom stereocenters. The lowest BCUT2D eigenvalue weighted by molar-refractivity contribution is -0.142. The number of hydrogen-bond donors (Lipinski definition) is 8. The average Bonchev–Trinajstić information content (AvgIpc) is 3.28. The Morgan fingerprint density at radius 3 is 1.62 bits per heavy atom. The molecule has 66 heavy (non-hydrogen) atoms. The fourth-order valence-electron chi connectivity index (χ4n) is 4.05. The van der Waals surface area contributed by atoms with Gasteiger partial charge in [0.2, 0.25) is 30.0 Å². The third-order valence-electron chi connectivity index (χ3n) is 7.27. The molecule has 0 fully saturated rings. The number of hydrogen-bond acceptors (Lipinski definition) is 14. The second-order valence-corrected chi connectivity index (χ2v) is 13.0. The zero-order valence-corrected chi connectivity index (χ0v) is 40.9. The second-order valence-electron chi connectivity index (χ2n) is 13.0. The van der Waals surface area contributed by atoms with Gasteiger partial charge in [0.1, 0.15) is 12.6 Å². The van der Waals surface area contributed by atoms with E-state index >= 15 is 0 Å². The van der Waals surface area contributed by atoms with Crippen molar-refractivity contribution >= 4 is 53.7 Å². The number of benzene rings is 1. The molecule has 0 aromatic heterocycles. The van der Waals surface area contributed by atoms with E-state index in [1.807, 2.05) is 34.6 Å². The van der Waals surface area contributed by atoms with Crippen molar-refractivity contribution in [3.63, 3.8) is 0 Å². The van der Waals surface area contributed by atoms with Gasteiger partial charge in [-0.2, -0.15) is 0 Å². The van der Waals surface area contributed by atoms with Gasteiger partial charge in [0, 0.05) is 65.1 Å². The van der Waals surface area contributed by atoms with Gasteiger partial charge in [0.15, 0.2) is 0 Å². The number of carboxylic acid groups (broad SMARTS) is 1. The van der Waals surface area contributed by atoms with E-state index in [4.69, 9.17) is 46.0 Å². The van der Waals surface area contributed by atoms with Crippen molar-refractivity contribution in [2.24, 2.45) is 23.1 Å². The lowest BCUT2D eigenvalue weighted by Gasteiger charge is -2.18. The number of aliphatic carboxylic acids is 1. The molecular weight excluding hydrogens is 867 g/mol. The highest BCUT2D eigenvalue weighted by Crippen LogP contribution is 2.11. The fourth-order valence-corrected chi connectivity index (χ4v) is 4.05. The minimum absolute atomic E-state index is 0.0592. The Bertz CT molecular complexity index is 1370. The van der Waals surface area contributed by atoms with Crippen LogP contribution in [0.3, 0.4) is 0 Å². The summed E-state index contributed by atoms with van der Waals surface area (Å²) in [5.41, 5.74) is 16.5. The van der Waals surface area contributed by atoms with Crippen LogP contribution >= 0.6 is 0 Å². The quantitative estimate of drug-likeness (QED) is 0.0292. The Hall–Kier alpha value is -5.42. The van der Waals surface area contributed by atoms with Gasteiger partial charge in [-0.05, 0) is 49.8 Å². The summed E-state index contributed by atoms with van der Waals surface area (Å²) >= 11 is 0. The van der Waals surface area contributed by atoms with Gasteiger partial charge in [-0.1, -0.05) is 53.7 Å². The number of primary amides is 3. The van der Waals surface area contributed by atoms with Crippen molar-refractivity contribution in [1.29, 1.82) is 0 Å². The minimum Gasteiger partial charge on any atom is -0.481 e. The van der Waals surface area contributed by atoms with Crippen LogP contribution in [0.4, 0.5) is 10.5 Å². The molecule has 1 atom stereocenters. The molecule has 1 rings (SSSR count). The largest absolute Gasteiger partial charge is 0.481 e. The molecule has 0 saturated carbocycles. The van der Waals surface area contributed by atoms with Crippen LogP contribution in [0.5, 0.6) is 0 Å². The second kappa shape index (κ2) is 53.9. The number of carbonyl (C=O) groups excluding carboxylic acids is 7. The van der Waals surface area contributed by atoms with Gasteiger partial charge in [-0.15, -0.1) is 0 Å². The molecule has 0 heterocycles. The number of nitrogens with two attached hydrogens (primary N) is 3. The van der Waals surface area contributed by atoms with Crippen molar-refractivity contribution in [2.75, 3.05) is 85.0 Å². The standard InChI is InChI=1S/C15H21N3O4.C12H24N2O6.C10H18N2O4.C3H8O.2C2H6/c1-11(19)22-10-12-5-7-13(8-6-12)18-14(20)4-2-3-9-17-15(16)21;13-12(16)1-3-17-5-7-19-9-10-20-8-6-18-4-2-14-11-15;1-6(2)9(10(11)16)12-7(13)4-3-5-8(14)15;1-3-4-2;2*1-2/h5-8H,2-4,9-10H2,1H3,(H,18,20)(H3,16,17,21);11H,1-10H2,(H2,13,16)(H,14,15);6,9H,3-5H2,1-2H3,(H2,11,16)(H,12,13)(H,14,15);3H2,1-2H3;2*1-2H3. The van der Waals surface area contributed by atoms with Crippen molar-refractivity contribution in [3.8, 4) is 0 Å². The van der Waals surface area contributed by atoms with E-state index in [1.54, 1.807) is 45.2 Å². The molecule has 22 heteroatoms. The zero-order valence-electron chi connectivity index (χ0n) is 40.9. The maximum absolute atomic E-state index is 11.7. The highest BCUT2D eigenvalue weighted by atomic mass is 16.6. The van der Waals surface area contributed by atoms with Crippen LogP contribution in [0.1, 0.15) is 106 Å². The maximum Gasteiger partial charge on any atom is 0.312 e. The maximum atomic E-state index is 11.7. The normalized spacial score (nSPS) is 10.0. The van der Waals surface area contributed by atoms with Crippen LogP contribution in [0.2, 0.25) is 0 Å². The van der Waals surface area contributed by atoms with Crippen LogP contribution in [-0.4, -0.2) is 139 Å². The summed E-state index contributed by atoms with van der Waals surface area (Å²) < 4.78 is 30.2. The molecule has 22 nitrogen and oxygen atoms in total. The number of ether oxygens (including phenoxy) is 6. The number of unbranched alkanes of at least 4 members (excludes halogenated alkanes) is 1. The van der Waals surface area contributed by atoms with Crippen LogP contribution < -0.4 is 38.5 Å². The Kier molecular flexibility index (Phi) is 56.9. The summed E-state index contributed by atoms with van der Waals surface area (Å²) in [4.78, 5) is 85.7. The first-order valence-corrected chi connectivity index (χ1v) is 22.1. The minimum atomic E-state index is -0.942. The molecule has 7 amide bonds. The first-order valence-electron chi connectivity index (χ1n) is 22.1. The van der Waals surface area contributed by atoms with E-state index in [0.717, 1.165) is 12.2 Å². The van der Waals surface area contributed by atoms with Crippen molar-refractivity contribution < 1.29 is 71.9 Å². The number of esters is 1. The van der Waals surface area contributed by atoms with E-state index in [2.05, 4.69) is 26.0 Å². The SMILES string of the molecule is CC.CC.CC(=O)OCc1ccc(NC(=O)CCCCNC(N)=O)cc1.CC(C)C(NC(=O)CCCC(=O)O)C(N)=O.CCOC.NC(=O)CCOCCOCCOCCOCCNC=O. The van der Waals surface area contributed by atoms with Crippen molar-refractivity contribution in [2.45, 2.75) is 113 Å². The molecule has 0 spiro atoms. The van der Waals surface area contributed by atoms with Gasteiger partial charge in [0.25, 0.3) is 0 Å². The van der Waals surface area contributed by atoms with Crippen LogP contribution in [0.15, 0.2) is 24.3 Å². The van der Waals surface area contributed by atoms with Crippen LogP contribution in [-0.2, 0) is 68.6 Å². The Morgan fingerprint density at radius 2 is 1.20 bits per heavy atom. The average molecular weight is 950 g/mol. The first kappa shape index (κ1) is 69.6. The molecule has 1 aromatic carbocycles. The van der Waals surface area contributed by atoms with E-state index < -0.39 is 23.9 Å². The molecule has 0 radical (unpaired) electrons. The Balaban J connectivity index is -0.000000263. The monoisotopic (exact) mass is 950 g/mol. The summed E-state index contributed by atoms with van der Waals surface area (Å²) in [6.45, 7) is 20.5. The lowest BCUT2D eigenvalue weighted by Crippen LogP contribution is -2.47. The number of anilines is 1. The number of methoxy groups -OCH3 is 1. The number of nitrogens with one attached hydrogen (secondary N) is 4. The van der Waals surface area contributed by atoms with Gasteiger partial charge in [-0.25, -0.2) is 4.79 Å². The summed E-state index contributed by atoms with van der Waals surface area (Å²) in [5, 5.41) is 18.6. The van der Waals surface area contributed by atoms with Crippen LogP contribution in [0, 0.1) is 5.92 Å². The van der Waals surface area contributed by atoms with E-state index in [0.29, 0.717) is 97.3 Å². The summed E-state index contributed by atoms with van der Waals surface area (Å²) in [6.07, 6.45) is 2.87. The number of rotatable bonds is 32. The topological polar surface area (TPSA) is 338 Å². The summed E-state index contributed by atoms with van der Waals surface area (Å²) in [5.74, 6) is -2.75. The molecule has 0 aliphatic rings. The van der Waals surface area contributed by atoms with Crippen molar-refractivity contribution in [3.05, 3.63) is 29.8 Å². The lowest BCUT2D eigenvalue weighted by atomic mass is 10.0. The molecule has 0 aliphatic heterocycles. The molecule has 0 saturated heterocycles. The third-order valence-corrected chi connectivity index (χ3v) is 7.27. The number of carboxylic acids is 1. The van der Waals surface area contributed by atoms with Gasteiger partial charge in [-0.3, -0.25) is 33.6 Å². The number of amides is 7. The van der Waals surface area contributed by atoms with Gasteiger partial charge < -0.3 is 72.0 Å². The molecule has 11 N–H and O–H groups in total. The highest BCUT2D eigenvalue weighted by molar-refractivity contribution is 5.90. The van der Waals surface area contributed by atoms with Crippen molar-refractivity contribution in [1.82, 2.24) is 16.0 Å². The predicted octanol–water partition coefficient (Wildman–Crippen LogP) is 2.77. The Morgan fingerprint density at radius 1 is 0.697 bits per heavy atom. The summed E-state index contributed by atoms with van der Waals surface area (Å²) in [6, 6.07) is 5.83. The van der Waals surface area contributed by atoms with E-state index in [-0.39, 0.29) is 61.9 Å². The first-order chi connectivity index (χ1) is 31.5. The smallest absolute Gasteiger partial charge is 0.312 e. The highest BCUT2D eigenvalue weighted by Gasteiger charge is 2.21. The number of carbonyl (C=O) groups is 8. The van der Waals surface area contributed by atoms with Gasteiger partial charge >= 0.3 is 18.0 Å². The molecule has 384 valence electrons. The number of urea groups is 1. The third kappa shape index (κ3) is 58.6. The predicted molar refractivity (Wildman–Crippen MR) is 251 cm³/mol. The van der Waals surface area contributed by atoms with E-state index in [9.17, 15) is 38.4 Å². The Labute approximate surface area is 391 Å². The van der Waals surface area contributed by atoms with Gasteiger partial charge in [0.05, 0.1) is 52.9 Å². The zero-order chi connectivity index (χ0) is 51.4. The molecular formula is C44H83N7O15. The van der Waals surface area contributed by atoms with Crippen LogP contribution in [0.25, 0.3) is 0 Å². The molecule has 0 bridgehead atoms. The molecule has 1 aromatic rings.